The molecule has 0 spiro atoms. The molecule has 1 saturated heterocycles. The number of amides is 1. The predicted octanol–water partition coefficient (Wildman–Crippen LogP) is 3.48. The van der Waals surface area contributed by atoms with Crippen LogP contribution in [0, 0.1) is 5.82 Å². The summed E-state index contributed by atoms with van der Waals surface area (Å²) in [6, 6.07) is 13.6. The van der Waals surface area contributed by atoms with Gasteiger partial charge >= 0.3 is 0 Å². The molecule has 1 aliphatic heterocycles. The fraction of sp³-hybridized carbons (Fsp3) is 0.391. The number of carbonyl (C=O) groups is 1. The van der Waals surface area contributed by atoms with Crippen molar-refractivity contribution in [2.75, 3.05) is 44.7 Å². The second kappa shape index (κ2) is 10.8. The number of benzene rings is 2. The number of ether oxygens (including phenoxy) is 1. The van der Waals surface area contributed by atoms with Gasteiger partial charge in [-0.2, -0.15) is 0 Å². The maximum atomic E-state index is 13.5. The molecule has 6 nitrogen and oxygen atoms in total. The molecule has 1 aliphatic rings. The van der Waals surface area contributed by atoms with Gasteiger partial charge in [0.15, 0.2) is 0 Å². The maximum absolute atomic E-state index is 13.5. The largest absolute Gasteiger partial charge is 0.379 e. The fourth-order valence-corrected chi connectivity index (χ4v) is 3.14. The van der Waals surface area contributed by atoms with Gasteiger partial charge in [0.1, 0.15) is 5.82 Å². The minimum Gasteiger partial charge on any atom is -0.379 e. The van der Waals surface area contributed by atoms with Gasteiger partial charge in [-0.05, 0) is 41.8 Å². The topological polar surface area (TPSA) is 66.0 Å². The number of anilines is 1. The van der Waals surface area contributed by atoms with E-state index >= 15 is 0 Å². The van der Waals surface area contributed by atoms with Crippen LogP contribution < -0.4 is 10.6 Å². The number of nitrogens with zero attached hydrogens (tertiary/aromatic N) is 2. The Hall–Kier alpha value is -2.77. The number of morpholine rings is 1. The molecule has 1 fully saturated rings. The first-order valence-electron chi connectivity index (χ1n) is 10.3. The first-order valence-corrected chi connectivity index (χ1v) is 10.3. The SMILES string of the molecule is CC(C)c1ccc(NC(=NCCN2CCOCC2)NC(=O)c2cccc(F)c2)cc1. The Balaban J connectivity index is 1.69. The van der Waals surface area contributed by atoms with Gasteiger partial charge in [0, 0.05) is 30.9 Å². The van der Waals surface area contributed by atoms with Crippen molar-refractivity contribution in [3.05, 3.63) is 65.5 Å². The molecule has 3 rings (SSSR count). The minimum atomic E-state index is -0.453. The Kier molecular flexibility index (Phi) is 7.93. The van der Waals surface area contributed by atoms with Crippen molar-refractivity contribution in [3.8, 4) is 0 Å². The number of carbonyl (C=O) groups excluding carboxylic acids is 1. The number of halogens is 1. The van der Waals surface area contributed by atoms with Crippen molar-refractivity contribution >= 4 is 17.6 Å². The van der Waals surface area contributed by atoms with Crippen LogP contribution in [0.25, 0.3) is 0 Å². The van der Waals surface area contributed by atoms with Crippen molar-refractivity contribution in [1.29, 1.82) is 0 Å². The molecule has 0 radical (unpaired) electrons. The lowest BCUT2D eigenvalue weighted by Crippen LogP contribution is -2.39. The van der Waals surface area contributed by atoms with E-state index < -0.39 is 11.7 Å². The molecule has 0 aliphatic carbocycles. The molecule has 0 aromatic heterocycles. The van der Waals surface area contributed by atoms with E-state index in [9.17, 15) is 9.18 Å². The molecule has 2 N–H and O–H groups in total. The van der Waals surface area contributed by atoms with Crippen LogP contribution >= 0.6 is 0 Å². The van der Waals surface area contributed by atoms with Crippen molar-refractivity contribution < 1.29 is 13.9 Å². The summed E-state index contributed by atoms with van der Waals surface area (Å²) in [5.41, 5.74) is 2.30. The molecule has 2 aromatic carbocycles. The lowest BCUT2D eigenvalue weighted by Gasteiger charge is -2.25. The van der Waals surface area contributed by atoms with Crippen LogP contribution in [0.2, 0.25) is 0 Å². The Morgan fingerprint density at radius 2 is 1.90 bits per heavy atom. The smallest absolute Gasteiger partial charge is 0.258 e. The fourth-order valence-electron chi connectivity index (χ4n) is 3.14. The van der Waals surface area contributed by atoms with Crippen molar-refractivity contribution in [2.24, 2.45) is 4.99 Å². The summed E-state index contributed by atoms with van der Waals surface area (Å²) in [6.45, 7) is 8.79. The number of aliphatic imine (C=N–C) groups is 1. The second-order valence-corrected chi connectivity index (χ2v) is 7.55. The average Bonchev–Trinajstić information content (AvgIpc) is 2.75. The molecule has 0 bridgehead atoms. The Bertz CT molecular complexity index is 862. The maximum Gasteiger partial charge on any atom is 0.258 e. The summed E-state index contributed by atoms with van der Waals surface area (Å²) in [5, 5.41) is 5.95. The summed E-state index contributed by atoms with van der Waals surface area (Å²) in [5.74, 6) is -0.0835. The van der Waals surface area contributed by atoms with Crippen LogP contribution in [-0.2, 0) is 4.74 Å². The molecule has 7 heteroatoms. The van der Waals surface area contributed by atoms with Crippen LogP contribution in [0.5, 0.6) is 0 Å². The first kappa shape index (κ1) is 21.9. The van der Waals surface area contributed by atoms with Crippen molar-refractivity contribution in [1.82, 2.24) is 10.2 Å². The van der Waals surface area contributed by atoms with E-state index in [1.54, 1.807) is 6.07 Å². The number of guanidine groups is 1. The molecule has 0 unspecified atom stereocenters. The van der Waals surface area contributed by atoms with Crippen LogP contribution in [-0.4, -0.2) is 56.2 Å². The van der Waals surface area contributed by atoms with Gasteiger partial charge in [-0.1, -0.05) is 32.0 Å². The van der Waals surface area contributed by atoms with E-state index in [-0.39, 0.29) is 5.56 Å². The molecular weight excluding hydrogens is 383 g/mol. The summed E-state index contributed by atoms with van der Waals surface area (Å²) < 4.78 is 18.8. The highest BCUT2D eigenvalue weighted by molar-refractivity contribution is 6.09. The third-order valence-corrected chi connectivity index (χ3v) is 4.95. The zero-order valence-electron chi connectivity index (χ0n) is 17.5. The Morgan fingerprint density at radius 1 is 1.17 bits per heavy atom. The van der Waals surface area contributed by atoms with E-state index in [2.05, 4.69) is 34.4 Å². The highest BCUT2D eigenvalue weighted by Crippen LogP contribution is 2.17. The zero-order chi connectivity index (χ0) is 21.3. The van der Waals surface area contributed by atoms with Crippen LogP contribution in [0.3, 0.4) is 0 Å². The molecule has 160 valence electrons. The predicted molar refractivity (Wildman–Crippen MR) is 118 cm³/mol. The molecule has 2 aromatic rings. The number of nitrogens with one attached hydrogen (secondary N) is 2. The van der Waals surface area contributed by atoms with Gasteiger partial charge in [-0.3, -0.25) is 20.0 Å². The molecule has 1 amide bonds. The molecular formula is C23H29FN4O2. The van der Waals surface area contributed by atoms with Crippen LogP contribution in [0.1, 0.15) is 35.7 Å². The first-order chi connectivity index (χ1) is 14.5. The lowest BCUT2D eigenvalue weighted by molar-refractivity contribution is 0.0394. The van der Waals surface area contributed by atoms with Gasteiger partial charge < -0.3 is 10.1 Å². The zero-order valence-corrected chi connectivity index (χ0v) is 17.5. The van der Waals surface area contributed by atoms with Crippen molar-refractivity contribution in [3.63, 3.8) is 0 Å². The summed E-state index contributed by atoms with van der Waals surface area (Å²) >= 11 is 0. The van der Waals surface area contributed by atoms with Crippen molar-refractivity contribution in [2.45, 2.75) is 19.8 Å². The Labute approximate surface area is 177 Å². The Morgan fingerprint density at radius 3 is 2.57 bits per heavy atom. The normalized spacial score (nSPS) is 15.3. The van der Waals surface area contributed by atoms with Crippen LogP contribution in [0.4, 0.5) is 10.1 Å². The van der Waals surface area contributed by atoms with Gasteiger partial charge in [-0.15, -0.1) is 0 Å². The third kappa shape index (κ3) is 6.64. The summed E-state index contributed by atoms with van der Waals surface area (Å²) in [6.07, 6.45) is 0. The molecule has 1 heterocycles. The lowest BCUT2D eigenvalue weighted by atomic mass is 10.0. The molecule has 0 saturated carbocycles. The second-order valence-electron chi connectivity index (χ2n) is 7.55. The van der Waals surface area contributed by atoms with E-state index in [1.165, 1.54) is 23.8 Å². The highest BCUT2D eigenvalue weighted by atomic mass is 19.1. The highest BCUT2D eigenvalue weighted by Gasteiger charge is 2.12. The average molecular weight is 413 g/mol. The third-order valence-electron chi connectivity index (χ3n) is 4.95. The van der Waals surface area contributed by atoms with Gasteiger partial charge in [0.25, 0.3) is 5.91 Å². The minimum absolute atomic E-state index is 0.243. The van der Waals surface area contributed by atoms with E-state index in [0.717, 1.165) is 38.5 Å². The van der Waals surface area contributed by atoms with Gasteiger partial charge in [0.05, 0.1) is 19.8 Å². The summed E-state index contributed by atoms with van der Waals surface area (Å²) in [4.78, 5) is 19.4. The standard InChI is InChI=1S/C23H29FN4O2/c1-17(2)18-6-8-21(9-7-18)26-23(25-10-11-28-12-14-30-15-13-28)27-22(29)19-4-3-5-20(24)16-19/h3-9,16-17H,10-15H2,1-2H3,(H2,25,26,27,29). The van der Waals surface area contributed by atoms with Crippen LogP contribution in [0.15, 0.2) is 53.5 Å². The monoisotopic (exact) mass is 412 g/mol. The van der Waals surface area contributed by atoms with E-state index in [0.29, 0.717) is 18.4 Å². The molecule has 0 atom stereocenters. The van der Waals surface area contributed by atoms with Gasteiger partial charge in [-0.25, -0.2) is 4.39 Å². The quantitative estimate of drug-likeness (QED) is 0.563. The number of rotatable bonds is 6. The number of hydrogen-bond acceptors (Lipinski definition) is 4. The summed E-state index contributed by atoms with van der Waals surface area (Å²) in [7, 11) is 0. The van der Waals surface area contributed by atoms with E-state index in [1.807, 2.05) is 24.3 Å². The number of hydrogen-bond donors (Lipinski definition) is 2. The van der Waals surface area contributed by atoms with E-state index in [4.69, 9.17) is 4.74 Å². The molecule has 30 heavy (non-hydrogen) atoms. The van der Waals surface area contributed by atoms with Gasteiger partial charge in [0.2, 0.25) is 5.96 Å².